The minimum atomic E-state index is -3.71. The maximum atomic E-state index is 13.2. The van der Waals surface area contributed by atoms with E-state index in [2.05, 4.69) is 23.7 Å². The van der Waals surface area contributed by atoms with E-state index >= 15 is 0 Å². The van der Waals surface area contributed by atoms with E-state index in [1.165, 1.54) is 37.0 Å². The Morgan fingerprint density at radius 1 is 0.879 bits per heavy atom. The van der Waals surface area contributed by atoms with Gasteiger partial charge in [-0.05, 0) is 62.2 Å². The normalized spacial score (nSPS) is 11.7. The second kappa shape index (κ2) is 12.9. The summed E-state index contributed by atoms with van der Waals surface area (Å²) in [7, 11) is -3.71. The second-order valence-corrected chi connectivity index (χ2v) is 10.8. The molecule has 0 N–H and O–H groups in total. The molecule has 0 aliphatic heterocycles. The van der Waals surface area contributed by atoms with E-state index in [0.717, 1.165) is 31.6 Å². The van der Waals surface area contributed by atoms with Crippen molar-refractivity contribution in [1.82, 2.24) is 9.88 Å². The van der Waals surface area contributed by atoms with Crippen molar-refractivity contribution >= 4 is 21.2 Å². The number of nitrogens with zero attached hydrogens (tertiary/aromatic N) is 2. The van der Waals surface area contributed by atoms with Crippen LogP contribution >= 0.6 is 11.3 Å². The monoisotopic (exact) mass is 486 g/mol. The molecule has 0 spiro atoms. The fourth-order valence-electron chi connectivity index (χ4n) is 3.61. The highest BCUT2D eigenvalue weighted by molar-refractivity contribution is 7.91. The molecule has 1 heterocycles. The van der Waals surface area contributed by atoms with Crippen LogP contribution in [0.3, 0.4) is 0 Å². The molecule has 178 valence electrons. The smallest absolute Gasteiger partial charge is 0.225 e. The molecular formula is C26H34N2O3S2. The number of ether oxygens (including phenoxy) is 1. The molecule has 0 unspecified atom stereocenters. The van der Waals surface area contributed by atoms with Crippen LogP contribution < -0.4 is 4.74 Å². The maximum absolute atomic E-state index is 13.2. The Morgan fingerprint density at radius 2 is 1.52 bits per heavy atom. The zero-order chi connectivity index (χ0) is 23.5. The topological polar surface area (TPSA) is 59.5 Å². The summed E-state index contributed by atoms with van der Waals surface area (Å²) in [5.41, 5.74) is 2.43. The summed E-state index contributed by atoms with van der Waals surface area (Å²) in [6.45, 7) is 8.38. The van der Waals surface area contributed by atoms with Crippen LogP contribution in [0.1, 0.15) is 46.0 Å². The van der Waals surface area contributed by atoms with Crippen molar-refractivity contribution in [2.75, 3.05) is 26.2 Å². The van der Waals surface area contributed by atoms with Crippen LogP contribution in [0.25, 0.3) is 10.4 Å². The lowest BCUT2D eigenvalue weighted by molar-refractivity contribution is 0.229. The van der Waals surface area contributed by atoms with Crippen molar-refractivity contribution in [2.45, 2.75) is 55.9 Å². The molecule has 0 amide bonds. The molecule has 33 heavy (non-hydrogen) atoms. The molecule has 2 aromatic carbocycles. The predicted molar refractivity (Wildman–Crippen MR) is 136 cm³/mol. The Morgan fingerprint density at radius 3 is 2.15 bits per heavy atom. The van der Waals surface area contributed by atoms with E-state index in [1.54, 1.807) is 29.8 Å². The number of rotatable bonds is 14. The first-order chi connectivity index (χ1) is 16.1. The molecule has 0 aliphatic rings. The van der Waals surface area contributed by atoms with E-state index in [9.17, 15) is 8.42 Å². The van der Waals surface area contributed by atoms with Crippen LogP contribution in [0.15, 0.2) is 70.0 Å². The summed E-state index contributed by atoms with van der Waals surface area (Å²) < 4.78 is 32.3. The lowest BCUT2D eigenvalue weighted by Gasteiger charge is -2.21. The number of thiazole rings is 1. The van der Waals surface area contributed by atoms with Crippen LogP contribution in [-0.2, 0) is 9.84 Å². The lowest BCUT2D eigenvalue weighted by Crippen LogP contribution is -2.28. The first-order valence-corrected chi connectivity index (χ1v) is 14.1. The molecule has 0 saturated heterocycles. The molecule has 3 aromatic rings. The zero-order valence-electron chi connectivity index (χ0n) is 19.6. The lowest BCUT2D eigenvalue weighted by atomic mass is 10.2. The molecule has 0 radical (unpaired) electrons. The van der Waals surface area contributed by atoms with Crippen molar-refractivity contribution in [1.29, 1.82) is 0 Å². The van der Waals surface area contributed by atoms with Gasteiger partial charge in [0.2, 0.25) is 9.84 Å². The van der Waals surface area contributed by atoms with Gasteiger partial charge in [-0.15, -0.1) is 11.3 Å². The number of unbranched alkanes of at least 4 members (excludes halogenated alkanes) is 2. The minimum absolute atomic E-state index is 0.103. The van der Waals surface area contributed by atoms with Crippen LogP contribution in [-0.4, -0.2) is 44.5 Å². The van der Waals surface area contributed by atoms with E-state index in [0.29, 0.717) is 17.2 Å². The van der Waals surface area contributed by atoms with Crippen LogP contribution in [0, 0.1) is 0 Å². The van der Waals surface area contributed by atoms with Gasteiger partial charge >= 0.3 is 0 Å². The van der Waals surface area contributed by atoms with E-state index in [1.807, 2.05) is 30.3 Å². The Balaban J connectivity index is 1.59. The van der Waals surface area contributed by atoms with Crippen molar-refractivity contribution in [3.63, 3.8) is 0 Å². The molecule has 1 aromatic heterocycles. The molecule has 0 bridgehead atoms. The highest BCUT2D eigenvalue weighted by Crippen LogP contribution is 2.34. The average molecular weight is 487 g/mol. The van der Waals surface area contributed by atoms with Gasteiger partial charge in [-0.3, -0.25) is 0 Å². The Labute approximate surface area is 202 Å². The SMILES string of the molecule is CCCCN(CCCC)CCCOc1ccc(S(=O)(=O)c2ncsc2-c2ccccc2)cc1. The number of hydrogen-bond acceptors (Lipinski definition) is 6. The maximum Gasteiger partial charge on any atom is 0.225 e. The first kappa shape index (κ1) is 25.4. The van der Waals surface area contributed by atoms with Gasteiger partial charge in [0, 0.05) is 6.54 Å². The third-order valence-electron chi connectivity index (χ3n) is 5.50. The van der Waals surface area contributed by atoms with Crippen molar-refractivity contribution in [2.24, 2.45) is 0 Å². The van der Waals surface area contributed by atoms with E-state index in [-0.39, 0.29) is 9.92 Å². The van der Waals surface area contributed by atoms with E-state index in [4.69, 9.17) is 4.74 Å². The van der Waals surface area contributed by atoms with Crippen LogP contribution in [0.4, 0.5) is 0 Å². The van der Waals surface area contributed by atoms with Crippen molar-refractivity contribution < 1.29 is 13.2 Å². The van der Waals surface area contributed by atoms with Gasteiger partial charge in [0.1, 0.15) is 5.75 Å². The number of sulfone groups is 1. The van der Waals surface area contributed by atoms with Gasteiger partial charge in [-0.2, -0.15) is 0 Å². The second-order valence-electron chi connectivity index (χ2n) is 8.08. The Hall–Kier alpha value is -2.22. The third-order valence-corrected chi connectivity index (χ3v) is 8.22. The molecule has 3 rings (SSSR count). The Bertz CT molecular complexity index is 1060. The summed E-state index contributed by atoms with van der Waals surface area (Å²) in [6, 6.07) is 16.2. The van der Waals surface area contributed by atoms with Gasteiger partial charge in [0.25, 0.3) is 0 Å². The Kier molecular flexibility index (Phi) is 9.91. The molecule has 0 saturated carbocycles. The fraction of sp³-hybridized carbons (Fsp3) is 0.423. The molecule has 5 nitrogen and oxygen atoms in total. The van der Waals surface area contributed by atoms with Gasteiger partial charge in [-0.1, -0.05) is 57.0 Å². The molecular weight excluding hydrogens is 452 g/mol. The molecule has 0 aliphatic carbocycles. The van der Waals surface area contributed by atoms with Crippen molar-refractivity contribution in [3.8, 4) is 16.2 Å². The molecule has 0 fully saturated rings. The highest BCUT2D eigenvalue weighted by atomic mass is 32.2. The van der Waals surface area contributed by atoms with Gasteiger partial charge in [0.05, 0.1) is 21.9 Å². The number of hydrogen-bond donors (Lipinski definition) is 0. The van der Waals surface area contributed by atoms with Crippen LogP contribution in [0.5, 0.6) is 5.75 Å². The summed E-state index contributed by atoms with van der Waals surface area (Å²) >= 11 is 1.33. The van der Waals surface area contributed by atoms with Gasteiger partial charge < -0.3 is 9.64 Å². The quantitative estimate of drug-likeness (QED) is 0.250. The summed E-state index contributed by atoms with van der Waals surface area (Å²) in [6.07, 6.45) is 5.83. The fourth-order valence-corrected chi connectivity index (χ4v) is 6.11. The number of aromatic nitrogens is 1. The molecule has 0 atom stereocenters. The standard InChI is InChI=1S/C26H34N2O3S2/c1-3-5-17-28(18-6-4-2)19-10-20-31-23-13-15-24(16-14-23)33(29,30)26-25(32-21-27-26)22-11-8-7-9-12-22/h7-9,11-16,21H,3-6,10,17-20H2,1-2H3. The minimum Gasteiger partial charge on any atom is -0.494 e. The van der Waals surface area contributed by atoms with Crippen molar-refractivity contribution in [3.05, 3.63) is 60.1 Å². The first-order valence-electron chi connectivity index (χ1n) is 11.8. The summed E-state index contributed by atoms with van der Waals surface area (Å²) in [4.78, 5) is 7.58. The van der Waals surface area contributed by atoms with Crippen LogP contribution in [0.2, 0.25) is 0 Å². The summed E-state index contributed by atoms with van der Waals surface area (Å²) in [5.74, 6) is 0.684. The number of benzene rings is 2. The van der Waals surface area contributed by atoms with Gasteiger partial charge in [-0.25, -0.2) is 13.4 Å². The molecule has 7 heteroatoms. The highest BCUT2D eigenvalue weighted by Gasteiger charge is 2.25. The third kappa shape index (κ3) is 7.13. The largest absolute Gasteiger partial charge is 0.494 e. The van der Waals surface area contributed by atoms with E-state index < -0.39 is 9.84 Å². The average Bonchev–Trinajstić information content (AvgIpc) is 3.35. The zero-order valence-corrected chi connectivity index (χ0v) is 21.2. The predicted octanol–water partition coefficient (Wildman–Crippen LogP) is 6.31. The van der Waals surface area contributed by atoms with Gasteiger partial charge in [0.15, 0.2) is 5.03 Å². The summed E-state index contributed by atoms with van der Waals surface area (Å²) in [5, 5.41) is 0.103.